The van der Waals surface area contributed by atoms with E-state index in [4.69, 9.17) is 4.42 Å². The summed E-state index contributed by atoms with van der Waals surface area (Å²) >= 11 is 0. The number of benzene rings is 2. The van der Waals surface area contributed by atoms with Gasteiger partial charge in [0.25, 0.3) is 5.56 Å². The fraction of sp³-hybridized carbons (Fsp3) is 0.261. The number of fused-ring (bicyclic) bond motifs is 3. The molecule has 0 saturated carbocycles. The summed E-state index contributed by atoms with van der Waals surface area (Å²) in [5, 5.41) is 0.790. The van der Waals surface area contributed by atoms with Crippen LogP contribution in [-0.2, 0) is 17.9 Å². The lowest BCUT2D eigenvalue weighted by Crippen LogP contribution is -2.47. The van der Waals surface area contributed by atoms with Gasteiger partial charge >= 0.3 is 0 Å². The lowest BCUT2D eigenvalue weighted by Gasteiger charge is -2.36. The third kappa shape index (κ3) is 3.66. The number of carbonyl (C=O) groups is 1. The third-order valence-corrected chi connectivity index (χ3v) is 4.95. The Bertz CT molecular complexity index is 1230. The first-order valence-corrected chi connectivity index (χ1v) is 9.55. The van der Waals surface area contributed by atoms with E-state index in [2.05, 4.69) is 4.98 Å². The van der Waals surface area contributed by atoms with Crippen LogP contribution >= 0.6 is 0 Å². The molecule has 29 heavy (non-hydrogen) atoms. The van der Waals surface area contributed by atoms with Gasteiger partial charge in [0.05, 0.1) is 6.33 Å². The van der Waals surface area contributed by atoms with Crippen LogP contribution in [0.1, 0.15) is 26.3 Å². The van der Waals surface area contributed by atoms with E-state index in [0.717, 1.165) is 10.9 Å². The number of aromatic nitrogens is 2. The molecule has 0 aliphatic rings. The molecular weight excluding hydrogens is 366 g/mol. The monoisotopic (exact) mass is 389 g/mol. The van der Waals surface area contributed by atoms with Crippen molar-refractivity contribution in [3.8, 4) is 0 Å². The molecule has 0 fully saturated rings. The summed E-state index contributed by atoms with van der Waals surface area (Å²) in [6, 6.07) is 17.2. The number of hydrogen-bond donors (Lipinski definition) is 0. The van der Waals surface area contributed by atoms with Gasteiger partial charge in [-0.2, -0.15) is 0 Å². The van der Waals surface area contributed by atoms with Crippen molar-refractivity contribution in [1.82, 2.24) is 14.5 Å². The lowest BCUT2D eigenvalue weighted by atomic mass is 10.0. The van der Waals surface area contributed by atoms with E-state index in [1.54, 1.807) is 11.0 Å². The van der Waals surface area contributed by atoms with Gasteiger partial charge in [-0.05, 0) is 38.5 Å². The van der Waals surface area contributed by atoms with Crippen molar-refractivity contribution in [1.29, 1.82) is 0 Å². The molecule has 0 aliphatic carbocycles. The molecule has 2 aromatic heterocycles. The highest BCUT2D eigenvalue weighted by Crippen LogP contribution is 2.24. The van der Waals surface area contributed by atoms with Crippen LogP contribution in [0.4, 0.5) is 0 Å². The van der Waals surface area contributed by atoms with E-state index in [1.807, 2.05) is 69.3 Å². The Morgan fingerprint density at radius 2 is 1.76 bits per heavy atom. The number of nitrogens with zero attached hydrogens (tertiary/aromatic N) is 3. The van der Waals surface area contributed by atoms with E-state index < -0.39 is 5.54 Å². The molecule has 0 N–H and O–H groups in total. The zero-order valence-corrected chi connectivity index (χ0v) is 16.8. The highest BCUT2D eigenvalue weighted by Gasteiger charge is 2.27. The quantitative estimate of drug-likeness (QED) is 0.530. The summed E-state index contributed by atoms with van der Waals surface area (Å²) in [7, 11) is 0. The standard InChI is InChI=1S/C23H23N3O3/c1-23(2,3)26(13-16-9-5-4-6-10-16)19(27)14-25-15-24-20-17-11-7-8-12-18(17)29-21(20)22(25)28/h4-12,15H,13-14H2,1-3H3. The number of para-hydroxylation sites is 1. The Labute approximate surface area is 168 Å². The van der Waals surface area contributed by atoms with Crippen molar-refractivity contribution < 1.29 is 9.21 Å². The molecule has 0 unspecified atom stereocenters. The van der Waals surface area contributed by atoms with Gasteiger partial charge in [-0.1, -0.05) is 42.5 Å². The predicted octanol–water partition coefficient (Wildman–Crippen LogP) is 3.97. The number of amides is 1. The minimum atomic E-state index is -0.395. The van der Waals surface area contributed by atoms with Crippen LogP contribution in [0.3, 0.4) is 0 Å². The lowest BCUT2D eigenvalue weighted by molar-refractivity contribution is -0.137. The summed E-state index contributed by atoms with van der Waals surface area (Å²) in [5.74, 6) is -0.152. The summed E-state index contributed by atoms with van der Waals surface area (Å²) in [4.78, 5) is 32.2. The Morgan fingerprint density at radius 3 is 2.48 bits per heavy atom. The number of hydrogen-bond acceptors (Lipinski definition) is 4. The van der Waals surface area contributed by atoms with E-state index in [0.29, 0.717) is 17.6 Å². The van der Waals surface area contributed by atoms with Crippen molar-refractivity contribution >= 4 is 28.0 Å². The van der Waals surface area contributed by atoms with Crippen LogP contribution in [0.5, 0.6) is 0 Å². The maximum Gasteiger partial charge on any atom is 0.297 e. The average Bonchev–Trinajstić information content (AvgIpc) is 3.08. The van der Waals surface area contributed by atoms with E-state index in [-0.39, 0.29) is 23.6 Å². The maximum atomic E-state index is 13.1. The normalized spacial score (nSPS) is 11.8. The predicted molar refractivity (Wildman–Crippen MR) is 113 cm³/mol. The summed E-state index contributed by atoms with van der Waals surface area (Å²) in [5.41, 5.74) is 1.59. The van der Waals surface area contributed by atoms with Crippen LogP contribution in [0.15, 0.2) is 70.1 Å². The van der Waals surface area contributed by atoms with E-state index in [9.17, 15) is 9.59 Å². The second-order valence-electron chi connectivity index (χ2n) is 8.09. The molecule has 2 aromatic carbocycles. The first-order valence-electron chi connectivity index (χ1n) is 9.55. The van der Waals surface area contributed by atoms with Crippen LogP contribution in [0, 0.1) is 0 Å². The van der Waals surface area contributed by atoms with Crippen molar-refractivity contribution in [3.05, 3.63) is 76.8 Å². The average molecular weight is 389 g/mol. The summed E-state index contributed by atoms with van der Waals surface area (Å²) < 4.78 is 7.02. The van der Waals surface area contributed by atoms with Crippen LogP contribution in [0.2, 0.25) is 0 Å². The topological polar surface area (TPSA) is 68.3 Å². The van der Waals surface area contributed by atoms with Crippen molar-refractivity contribution in [2.45, 2.75) is 39.4 Å². The molecule has 0 radical (unpaired) electrons. The highest BCUT2D eigenvalue weighted by atomic mass is 16.3. The minimum Gasteiger partial charge on any atom is -0.448 e. The first-order chi connectivity index (χ1) is 13.8. The number of rotatable bonds is 4. The van der Waals surface area contributed by atoms with Crippen LogP contribution in [-0.4, -0.2) is 25.9 Å². The molecule has 0 bridgehead atoms. The van der Waals surface area contributed by atoms with Gasteiger partial charge in [0, 0.05) is 17.5 Å². The van der Waals surface area contributed by atoms with Gasteiger partial charge in [0.15, 0.2) is 0 Å². The van der Waals surface area contributed by atoms with Gasteiger partial charge in [0.1, 0.15) is 17.6 Å². The minimum absolute atomic E-state index is 0.0943. The molecule has 0 saturated heterocycles. The molecule has 4 rings (SSSR count). The van der Waals surface area contributed by atoms with Crippen molar-refractivity contribution in [2.24, 2.45) is 0 Å². The van der Waals surface area contributed by atoms with Gasteiger partial charge in [-0.15, -0.1) is 0 Å². The largest absolute Gasteiger partial charge is 0.448 e. The smallest absolute Gasteiger partial charge is 0.297 e. The van der Waals surface area contributed by atoms with E-state index in [1.165, 1.54) is 10.9 Å². The third-order valence-electron chi connectivity index (χ3n) is 4.95. The Hall–Kier alpha value is -3.41. The van der Waals surface area contributed by atoms with Crippen molar-refractivity contribution in [2.75, 3.05) is 0 Å². The molecule has 0 aliphatic heterocycles. The number of furan rings is 1. The van der Waals surface area contributed by atoms with Gasteiger partial charge in [-0.3, -0.25) is 14.2 Å². The highest BCUT2D eigenvalue weighted by molar-refractivity contribution is 6.01. The second-order valence-corrected chi connectivity index (χ2v) is 8.09. The summed E-state index contributed by atoms with van der Waals surface area (Å²) in [6.07, 6.45) is 1.42. The Balaban J connectivity index is 1.67. The molecule has 4 aromatic rings. The maximum absolute atomic E-state index is 13.1. The molecule has 0 spiro atoms. The molecule has 6 heteroatoms. The molecule has 2 heterocycles. The zero-order valence-electron chi connectivity index (χ0n) is 16.8. The SMILES string of the molecule is CC(C)(C)N(Cc1ccccc1)C(=O)Cn1cnc2c(oc3ccccc32)c1=O. The molecular formula is C23H23N3O3. The van der Waals surface area contributed by atoms with Gasteiger partial charge < -0.3 is 9.32 Å². The second kappa shape index (κ2) is 7.20. The molecule has 148 valence electrons. The Kier molecular flexibility index (Phi) is 4.70. The van der Waals surface area contributed by atoms with E-state index >= 15 is 0 Å². The fourth-order valence-electron chi connectivity index (χ4n) is 3.42. The van der Waals surface area contributed by atoms with Gasteiger partial charge in [0.2, 0.25) is 11.5 Å². The Morgan fingerprint density at radius 1 is 1.07 bits per heavy atom. The fourth-order valence-corrected chi connectivity index (χ4v) is 3.42. The first kappa shape index (κ1) is 18.9. The van der Waals surface area contributed by atoms with Crippen LogP contribution < -0.4 is 5.56 Å². The zero-order chi connectivity index (χ0) is 20.6. The molecule has 1 amide bonds. The number of carbonyl (C=O) groups excluding carboxylic acids is 1. The van der Waals surface area contributed by atoms with Gasteiger partial charge in [-0.25, -0.2) is 4.98 Å². The summed E-state index contributed by atoms with van der Waals surface area (Å²) in [6.45, 7) is 6.33. The van der Waals surface area contributed by atoms with Crippen LogP contribution in [0.25, 0.3) is 22.1 Å². The molecule has 6 nitrogen and oxygen atoms in total. The van der Waals surface area contributed by atoms with Crippen molar-refractivity contribution in [3.63, 3.8) is 0 Å². The molecule has 0 atom stereocenters.